The largest absolute Gasteiger partial charge is 0.366 e. The fraction of sp³-hybridized carbons (Fsp3) is 0.214. The van der Waals surface area contributed by atoms with Crippen LogP contribution in [0.15, 0.2) is 96.2 Å². The van der Waals surface area contributed by atoms with Crippen LogP contribution in [0.5, 0.6) is 0 Å². The first-order valence-corrected chi connectivity index (χ1v) is 13.5. The lowest BCUT2D eigenvalue weighted by Gasteiger charge is -2.29. The third-order valence-corrected chi connectivity index (χ3v) is 8.28. The normalized spacial score (nSPS) is 13.2. The zero-order valence-corrected chi connectivity index (χ0v) is 21.0. The van der Waals surface area contributed by atoms with E-state index in [-0.39, 0.29) is 4.90 Å². The molecular formula is C28H29N5O2S. The Balaban J connectivity index is 1.21. The van der Waals surface area contributed by atoms with Gasteiger partial charge in [0.1, 0.15) is 16.5 Å². The van der Waals surface area contributed by atoms with Crippen LogP contribution in [0.4, 0.5) is 17.3 Å². The molecule has 1 N–H and O–H groups in total. The van der Waals surface area contributed by atoms with Crippen molar-refractivity contribution in [1.82, 2.24) is 9.97 Å². The highest BCUT2D eigenvalue weighted by atomic mass is 32.2. The number of pyridine rings is 2. The van der Waals surface area contributed by atoms with Gasteiger partial charge in [0, 0.05) is 38.6 Å². The van der Waals surface area contributed by atoms with Crippen molar-refractivity contribution in [3.05, 3.63) is 108 Å². The van der Waals surface area contributed by atoms with Crippen molar-refractivity contribution in [3.63, 3.8) is 0 Å². The van der Waals surface area contributed by atoms with Crippen LogP contribution in [-0.4, -0.2) is 31.5 Å². The second kappa shape index (κ2) is 10.4. The molecule has 3 heterocycles. The Labute approximate surface area is 212 Å². The first-order chi connectivity index (χ1) is 17.5. The first-order valence-electron chi connectivity index (χ1n) is 12.1. The Bertz CT molecular complexity index is 1410. The predicted octanol–water partition coefficient (Wildman–Crippen LogP) is 4.87. The van der Waals surface area contributed by atoms with Gasteiger partial charge in [0.05, 0.1) is 5.69 Å². The van der Waals surface area contributed by atoms with Crippen LogP contribution in [0.25, 0.3) is 0 Å². The predicted molar refractivity (Wildman–Crippen MR) is 144 cm³/mol. The molecule has 2 aromatic carbocycles. The number of anilines is 3. The van der Waals surface area contributed by atoms with Crippen LogP contribution < -0.4 is 14.5 Å². The molecule has 36 heavy (non-hydrogen) atoms. The van der Waals surface area contributed by atoms with Crippen LogP contribution in [0.2, 0.25) is 0 Å². The van der Waals surface area contributed by atoms with Crippen molar-refractivity contribution in [1.29, 1.82) is 0 Å². The van der Waals surface area contributed by atoms with Crippen molar-refractivity contribution in [3.8, 4) is 0 Å². The summed E-state index contributed by atoms with van der Waals surface area (Å²) in [6.07, 6.45) is 4.30. The average Bonchev–Trinajstić information content (AvgIpc) is 2.93. The summed E-state index contributed by atoms with van der Waals surface area (Å²) in [5.41, 5.74) is 4.44. The highest BCUT2D eigenvalue weighted by Gasteiger charge is 2.24. The molecule has 0 saturated heterocycles. The summed E-state index contributed by atoms with van der Waals surface area (Å²) in [4.78, 5) is 11.5. The van der Waals surface area contributed by atoms with E-state index in [1.54, 1.807) is 24.3 Å². The van der Waals surface area contributed by atoms with Crippen molar-refractivity contribution >= 4 is 27.3 Å². The van der Waals surface area contributed by atoms with Crippen LogP contribution in [0.3, 0.4) is 0 Å². The maximum absolute atomic E-state index is 13.1. The van der Waals surface area contributed by atoms with Crippen LogP contribution in [0.1, 0.15) is 23.6 Å². The first kappa shape index (κ1) is 23.8. The van der Waals surface area contributed by atoms with Gasteiger partial charge in [-0.15, -0.1) is 0 Å². The summed E-state index contributed by atoms with van der Waals surface area (Å²) >= 11 is 0. The van der Waals surface area contributed by atoms with E-state index in [0.717, 1.165) is 30.9 Å². The monoisotopic (exact) mass is 499 g/mol. The summed E-state index contributed by atoms with van der Waals surface area (Å²) in [7, 11) is -3.69. The van der Waals surface area contributed by atoms with Crippen LogP contribution in [-0.2, 0) is 29.5 Å². The van der Waals surface area contributed by atoms with Gasteiger partial charge >= 0.3 is 0 Å². The summed E-state index contributed by atoms with van der Waals surface area (Å²) in [6, 6.07) is 25.1. The quantitative estimate of drug-likeness (QED) is 0.373. The Morgan fingerprint density at radius 2 is 1.67 bits per heavy atom. The molecule has 0 fully saturated rings. The Morgan fingerprint density at radius 3 is 2.36 bits per heavy atom. The number of nitrogens with zero attached hydrogens (tertiary/aromatic N) is 4. The van der Waals surface area contributed by atoms with Gasteiger partial charge in [0.15, 0.2) is 0 Å². The van der Waals surface area contributed by atoms with Gasteiger partial charge in [-0.3, -0.25) is 4.31 Å². The fourth-order valence-electron chi connectivity index (χ4n) is 4.44. The number of sulfonamides is 1. The molecule has 5 rings (SSSR count). The summed E-state index contributed by atoms with van der Waals surface area (Å²) in [5, 5.41) is 3.25. The lowest BCUT2D eigenvalue weighted by Crippen LogP contribution is -2.30. The molecule has 0 saturated carbocycles. The minimum Gasteiger partial charge on any atom is -0.366 e. The highest BCUT2D eigenvalue weighted by molar-refractivity contribution is 7.92. The van der Waals surface area contributed by atoms with Gasteiger partial charge in [0.2, 0.25) is 0 Å². The molecule has 8 heteroatoms. The summed E-state index contributed by atoms with van der Waals surface area (Å²) in [5.74, 6) is 1.58. The molecule has 0 aliphatic carbocycles. The van der Waals surface area contributed by atoms with Gasteiger partial charge < -0.3 is 10.2 Å². The van der Waals surface area contributed by atoms with E-state index in [2.05, 4.69) is 56.6 Å². The van der Waals surface area contributed by atoms with Crippen molar-refractivity contribution < 1.29 is 8.42 Å². The average molecular weight is 500 g/mol. The molecule has 0 bridgehead atoms. The molecule has 0 spiro atoms. The molecule has 2 aromatic heterocycles. The Morgan fingerprint density at radius 1 is 0.889 bits per heavy atom. The van der Waals surface area contributed by atoms with Crippen molar-refractivity contribution in [2.75, 3.05) is 27.6 Å². The maximum atomic E-state index is 13.1. The zero-order valence-electron chi connectivity index (χ0n) is 20.2. The van der Waals surface area contributed by atoms with E-state index in [1.807, 2.05) is 31.3 Å². The molecule has 1 aliphatic rings. The van der Waals surface area contributed by atoms with E-state index in [0.29, 0.717) is 24.6 Å². The Hall–Kier alpha value is -3.91. The minimum atomic E-state index is -3.69. The fourth-order valence-corrected chi connectivity index (χ4v) is 5.86. The molecule has 0 radical (unpaired) electrons. The lowest BCUT2D eigenvalue weighted by atomic mass is 10.00. The molecule has 184 valence electrons. The number of rotatable bonds is 8. The SMILES string of the molecule is CCN(c1ccccc1)S(=O)(=O)c1ccc(NCc2ccc(N3CCc4ccccc4C3)nc2)nc1. The molecular weight excluding hydrogens is 470 g/mol. The second-order valence-electron chi connectivity index (χ2n) is 8.70. The number of benzene rings is 2. The third kappa shape index (κ3) is 5.04. The number of nitrogens with one attached hydrogen (secondary N) is 1. The van der Waals surface area contributed by atoms with Crippen LogP contribution in [0, 0.1) is 0 Å². The van der Waals surface area contributed by atoms with E-state index in [9.17, 15) is 8.42 Å². The van der Waals surface area contributed by atoms with Crippen molar-refractivity contribution in [2.45, 2.75) is 31.3 Å². The summed E-state index contributed by atoms with van der Waals surface area (Å²) < 4.78 is 27.7. The summed E-state index contributed by atoms with van der Waals surface area (Å²) in [6.45, 7) is 4.52. The smallest absolute Gasteiger partial charge is 0.265 e. The highest BCUT2D eigenvalue weighted by Crippen LogP contribution is 2.25. The van der Waals surface area contributed by atoms with E-state index in [1.165, 1.54) is 21.6 Å². The Kier molecular flexibility index (Phi) is 6.86. The molecule has 0 atom stereocenters. The minimum absolute atomic E-state index is 0.160. The van der Waals surface area contributed by atoms with Gasteiger partial charge in [0.25, 0.3) is 10.0 Å². The number of hydrogen-bond acceptors (Lipinski definition) is 6. The van der Waals surface area contributed by atoms with Gasteiger partial charge in [-0.25, -0.2) is 18.4 Å². The van der Waals surface area contributed by atoms with E-state index < -0.39 is 10.0 Å². The van der Waals surface area contributed by atoms with Gasteiger partial charge in [-0.1, -0.05) is 48.5 Å². The third-order valence-electron chi connectivity index (χ3n) is 6.39. The lowest BCUT2D eigenvalue weighted by molar-refractivity contribution is 0.591. The molecule has 0 unspecified atom stereocenters. The topological polar surface area (TPSA) is 78.4 Å². The van der Waals surface area contributed by atoms with Crippen molar-refractivity contribution in [2.24, 2.45) is 0 Å². The van der Waals surface area contributed by atoms with E-state index in [4.69, 9.17) is 0 Å². The number of para-hydroxylation sites is 1. The molecule has 1 aliphatic heterocycles. The van der Waals surface area contributed by atoms with E-state index >= 15 is 0 Å². The second-order valence-corrected chi connectivity index (χ2v) is 10.6. The maximum Gasteiger partial charge on any atom is 0.265 e. The van der Waals surface area contributed by atoms with Crippen LogP contribution >= 0.6 is 0 Å². The number of fused-ring (bicyclic) bond motifs is 1. The van der Waals surface area contributed by atoms with Gasteiger partial charge in [-0.2, -0.15) is 0 Å². The number of aromatic nitrogens is 2. The molecule has 4 aromatic rings. The zero-order chi connectivity index (χ0) is 25.0. The number of hydrogen-bond donors (Lipinski definition) is 1. The molecule has 7 nitrogen and oxygen atoms in total. The van der Waals surface area contributed by atoms with Gasteiger partial charge in [-0.05, 0) is 60.4 Å². The molecule has 0 amide bonds. The standard InChI is InChI=1S/C28H29N5O2S/c1-2-33(25-10-4-3-5-11-25)36(34,35)26-13-14-27(30-20-26)29-18-22-12-15-28(31-19-22)32-17-16-23-8-6-7-9-24(23)21-32/h3-15,19-20H,2,16-18,21H2,1H3,(H,29,30).